The first-order valence-electron chi connectivity index (χ1n) is 16.6. The van der Waals surface area contributed by atoms with Gasteiger partial charge >= 0.3 is 0 Å². The van der Waals surface area contributed by atoms with Crippen LogP contribution in [-0.2, 0) is 47.5 Å². The quantitative estimate of drug-likeness (QED) is 0.212. The number of carboxylic acid groups (broad SMARTS) is 1. The number of allylic oxidation sites excluding steroid dienone is 4. The van der Waals surface area contributed by atoms with Crippen LogP contribution in [0.2, 0.25) is 0 Å². The fraction of sp³-hybridized carbons (Fsp3) is 0.447. The number of nitrogens with zero attached hydrogens (tertiary/aromatic N) is 2. The molecule has 0 aliphatic carbocycles. The minimum atomic E-state index is -0.833. The molecule has 0 aromatic carbocycles. The number of H-pyrrole nitrogens is 2. The minimum absolute atomic E-state index is 0. The van der Waals surface area contributed by atoms with Crippen LogP contribution in [0.4, 0.5) is 0 Å². The predicted molar refractivity (Wildman–Crippen MR) is 187 cm³/mol. The fourth-order valence-electron chi connectivity index (χ4n) is 7.10. The van der Waals surface area contributed by atoms with Gasteiger partial charge < -0.3 is 15.1 Å². The average molecular weight is 651 g/mol. The summed E-state index contributed by atoms with van der Waals surface area (Å²) in [5.41, 5.74) is 20.2. The minimum Gasteiger partial charge on any atom is -0.481 e. The van der Waals surface area contributed by atoms with Gasteiger partial charge in [0, 0.05) is 46.1 Å². The topological polar surface area (TPSA) is 94.7 Å². The van der Waals surface area contributed by atoms with E-state index in [1.54, 1.807) is 0 Å². The third-order valence-electron chi connectivity index (χ3n) is 8.97. The van der Waals surface area contributed by atoms with E-state index in [0.717, 1.165) is 81.1 Å². The molecule has 5 heterocycles. The van der Waals surface area contributed by atoms with Gasteiger partial charge in [-0.25, -0.2) is 9.97 Å². The molecule has 5 rings (SSSR count). The molecule has 242 valence electrons. The number of rotatable bonds is 8. The van der Waals surface area contributed by atoms with Gasteiger partial charge in [-0.1, -0.05) is 55.4 Å². The van der Waals surface area contributed by atoms with Crippen LogP contribution in [0.3, 0.4) is 0 Å². The Morgan fingerprint density at radius 3 is 1.00 bits per heavy atom. The van der Waals surface area contributed by atoms with E-state index in [1.807, 2.05) is 0 Å². The number of nitrogens with one attached hydrogen (secondary N) is 2. The summed E-state index contributed by atoms with van der Waals surface area (Å²) in [4.78, 5) is 27.2. The molecule has 0 atom stereocenters. The summed E-state index contributed by atoms with van der Waals surface area (Å²) in [6, 6.07) is 9.24. The summed E-state index contributed by atoms with van der Waals surface area (Å²) in [6.07, 6.45) is 7.84. The van der Waals surface area contributed by atoms with E-state index >= 15 is 0 Å². The largest absolute Gasteiger partial charge is 0.481 e. The number of aromatic amines is 2. The van der Waals surface area contributed by atoms with Crippen molar-refractivity contribution in [3.8, 4) is 0 Å². The number of carbonyl (C=O) groups is 1. The molecule has 0 amide bonds. The Labute approximate surface area is 279 Å². The third kappa shape index (κ3) is 7.05. The Morgan fingerprint density at radius 1 is 0.511 bits per heavy atom. The monoisotopic (exact) mass is 650 g/mol. The van der Waals surface area contributed by atoms with Gasteiger partial charge in [0.1, 0.15) is 0 Å². The SMILES string of the molecule is CC(=O)O.CCC1=C(CC)c2cc3[nH]c(cc4[nH]c(cc5nc(cc1n2)C(CC)=C5CC)c(CC)c4CC)c(CC)c3CC.[Fe]. The molecule has 3 aromatic heterocycles. The Hall–Kier alpha value is -3.41. The molecule has 45 heavy (non-hydrogen) atoms. The van der Waals surface area contributed by atoms with Crippen LogP contribution >= 0.6 is 0 Å². The predicted octanol–water partition coefficient (Wildman–Crippen LogP) is 10.1. The van der Waals surface area contributed by atoms with Gasteiger partial charge in [-0.05, 0) is 120 Å². The van der Waals surface area contributed by atoms with Crippen molar-refractivity contribution < 1.29 is 27.0 Å². The molecule has 0 fully saturated rings. The van der Waals surface area contributed by atoms with Crippen molar-refractivity contribution in [3.63, 3.8) is 0 Å². The van der Waals surface area contributed by atoms with Crippen molar-refractivity contribution in [2.75, 3.05) is 0 Å². The van der Waals surface area contributed by atoms with Crippen LogP contribution in [0.1, 0.15) is 133 Å². The molecule has 6 nitrogen and oxygen atoms in total. The van der Waals surface area contributed by atoms with Gasteiger partial charge in [-0.3, -0.25) is 4.79 Å². The number of hydrogen-bond acceptors (Lipinski definition) is 3. The molecule has 0 saturated heterocycles. The molecule has 7 heteroatoms. The van der Waals surface area contributed by atoms with Crippen molar-refractivity contribution in [2.24, 2.45) is 0 Å². The molecule has 8 bridgehead atoms. The first-order chi connectivity index (χ1) is 21.2. The molecular weight excluding hydrogens is 600 g/mol. The Balaban J connectivity index is 0.00000104. The molecular formula is C38H50FeN4O2. The Morgan fingerprint density at radius 2 is 0.756 bits per heavy atom. The molecule has 0 spiro atoms. The van der Waals surface area contributed by atoms with Gasteiger partial charge in [-0.15, -0.1) is 0 Å². The summed E-state index contributed by atoms with van der Waals surface area (Å²) < 4.78 is 0. The number of fused-ring (bicyclic) bond motifs is 8. The molecule has 3 N–H and O–H groups in total. The van der Waals surface area contributed by atoms with Crippen molar-refractivity contribution in [1.82, 2.24) is 19.9 Å². The second kappa shape index (κ2) is 15.7. The standard InChI is InChI=1S/C36H46N4.C2H4O2.Fe/c1-9-21-22(10-2)30-18-32-25(13-5)26(14-6)34(39-32)20-36-28(16-8)27(15-7)35(40-36)19-33-24(12-4)23(11-3)31(38-33)17-29(21)37-30;1-2(3)4;/h17-20,37-38H,9-16H2,1-8H3;1H3,(H,3,4);. The van der Waals surface area contributed by atoms with Crippen LogP contribution in [0.5, 0.6) is 0 Å². The zero-order chi connectivity index (χ0) is 32.1. The van der Waals surface area contributed by atoms with E-state index in [4.69, 9.17) is 19.9 Å². The van der Waals surface area contributed by atoms with E-state index in [-0.39, 0.29) is 17.1 Å². The maximum absolute atomic E-state index is 9.00. The van der Waals surface area contributed by atoms with Crippen LogP contribution in [0.15, 0.2) is 24.3 Å². The summed E-state index contributed by atoms with van der Waals surface area (Å²) >= 11 is 0. The first-order valence-corrected chi connectivity index (χ1v) is 16.6. The van der Waals surface area contributed by atoms with E-state index < -0.39 is 5.97 Å². The fourth-order valence-corrected chi connectivity index (χ4v) is 7.10. The van der Waals surface area contributed by atoms with Gasteiger partial charge in [0.05, 0.1) is 22.8 Å². The molecule has 3 aromatic rings. The van der Waals surface area contributed by atoms with Gasteiger partial charge in [0.25, 0.3) is 5.97 Å². The number of aliphatic carboxylic acids is 1. The van der Waals surface area contributed by atoms with E-state index in [0.29, 0.717) is 0 Å². The summed E-state index contributed by atoms with van der Waals surface area (Å²) in [5, 5.41) is 7.42. The van der Waals surface area contributed by atoms with Crippen molar-refractivity contribution in [1.29, 1.82) is 0 Å². The van der Waals surface area contributed by atoms with Crippen LogP contribution in [0.25, 0.3) is 44.4 Å². The van der Waals surface area contributed by atoms with Crippen molar-refractivity contribution >= 4 is 50.3 Å². The molecule has 2 aliphatic heterocycles. The van der Waals surface area contributed by atoms with E-state index in [2.05, 4.69) is 89.6 Å². The number of hydrogen-bond donors (Lipinski definition) is 3. The van der Waals surface area contributed by atoms with Gasteiger partial charge in [-0.2, -0.15) is 0 Å². The number of aryl methyl sites for hydroxylation is 4. The normalized spacial score (nSPS) is 12.6. The smallest absolute Gasteiger partial charge is 0.300 e. The van der Waals surface area contributed by atoms with Gasteiger partial charge in [0.15, 0.2) is 0 Å². The molecule has 0 unspecified atom stereocenters. The maximum atomic E-state index is 9.00. The molecule has 0 radical (unpaired) electrons. The van der Waals surface area contributed by atoms with Gasteiger partial charge in [0.2, 0.25) is 0 Å². The van der Waals surface area contributed by atoms with Crippen LogP contribution in [0, 0.1) is 0 Å². The zero-order valence-electron chi connectivity index (χ0n) is 28.6. The van der Waals surface area contributed by atoms with Crippen LogP contribution in [-0.4, -0.2) is 31.0 Å². The maximum Gasteiger partial charge on any atom is 0.300 e. The third-order valence-corrected chi connectivity index (χ3v) is 8.97. The second-order valence-corrected chi connectivity index (χ2v) is 11.4. The van der Waals surface area contributed by atoms with E-state index in [9.17, 15) is 0 Å². The summed E-state index contributed by atoms with van der Waals surface area (Å²) in [7, 11) is 0. The second-order valence-electron chi connectivity index (χ2n) is 11.4. The Bertz CT molecular complexity index is 1660. The Kier molecular flexibility index (Phi) is 12.6. The average Bonchev–Trinajstić information content (AvgIpc) is 3.71. The zero-order valence-corrected chi connectivity index (χ0v) is 29.7. The number of aromatic nitrogens is 4. The summed E-state index contributed by atoms with van der Waals surface area (Å²) in [5.74, 6) is -0.833. The van der Waals surface area contributed by atoms with Crippen LogP contribution < -0.4 is 0 Å². The molecule has 0 saturated carbocycles. The molecule has 2 aliphatic rings. The van der Waals surface area contributed by atoms with E-state index in [1.165, 1.54) is 66.6 Å². The van der Waals surface area contributed by atoms with Crippen molar-refractivity contribution in [2.45, 2.75) is 114 Å². The summed E-state index contributed by atoms with van der Waals surface area (Å²) in [6.45, 7) is 19.2. The van der Waals surface area contributed by atoms with Crippen molar-refractivity contribution in [3.05, 3.63) is 69.3 Å². The number of carboxylic acids is 1. The first kappa shape index (κ1) is 36.1.